The molecule has 0 saturated heterocycles. The first-order valence-corrected chi connectivity index (χ1v) is 14.2. The molecule has 0 bridgehead atoms. The summed E-state index contributed by atoms with van der Waals surface area (Å²) < 4.78 is 0. The minimum Gasteiger partial charge on any atom is -0.300 e. The SMILES string of the molecule is CCCN(C/C=C/c1ccc2c(c1)Sc1cccc(/C=C/CN(CCC)CCC)c1C2)CCC. The van der Waals surface area contributed by atoms with Crippen molar-refractivity contribution < 1.29 is 0 Å². The maximum absolute atomic E-state index is 2.55. The fourth-order valence-corrected chi connectivity index (χ4v) is 5.93. The van der Waals surface area contributed by atoms with Crippen molar-refractivity contribution in [3.63, 3.8) is 0 Å². The molecule has 3 rings (SSSR count). The van der Waals surface area contributed by atoms with E-state index in [1.807, 2.05) is 11.8 Å². The van der Waals surface area contributed by atoms with Gasteiger partial charge in [-0.2, -0.15) is 0 Å². The van der Waals surface area contributed by atoms with Crippen molar-refractivity contribution >= 4 is 23.9 Å². The molecule has 2 nitrogen and oxygen atoms in total. The summed E-state index contributed by atoms with van der Waals surface area (Å²) in [5.74, 6) is 0. The van der Waals surface area contributed by atoms with Gasteiger partial charge in [-0.25, -0.2) is 0 Å². The van der Waals surface area contributed by atoms with Gasteiger partial charge in [0.25, 0.3) is 0 Å². The maximum atomic E-state index is 2.55. The van der Waals surface area contributed by atoms with Crippen LogP contribution in [0.25, 0.3) is 12.2 Å². The van der Waals surface area contributed by atoms with Gasteiger partial charge in [-0.15, -0.1) is 0 Å². The Morgan fingerprint density at radius 1 is 0.735 bits per heavy atom. The molecule has 1 aliphatic rings. The molecular formula is C31H44N2S. The van der Waals surface area contributed by atoms with Crippen LogP contribution in [0.3, 0.4) is 0 Å². The smallest absolute Gasteiger partial charge is 0.0166 e. The van der Waals surface area contributed by atoms with Crippen LogP contribution in [0.5, 0.6) is 0 Å². The Kier molecular flexibility index (Phi) is 11.5. The van der Waals surface area contributed by atoms with E-state index in [0.29, 0.717) is 0 Å². The molecule has 0 spiro atoms. The summed E-state index contributed by atoms with van der Waals surface area (Å²) in [5.41, 5.74) is 5.62. The first-order chi connectivity index (χ1) is 16.7. The molecular weight excluding hydrogens is 432 g/mol. The van der Waals surface area contributed by atoms with E-state index >= 15 is 0 Å². The van der Waals surface area contributed by atoms with E-state index in [2.05, 4.69) is 98.2 Å². The molecule has 0 unspecified atom stereocenters. The van der Waals surface area contributed by atoms with Crippen molar-refractivity contribution in [1.29, 1.82) is 0 Å². The summed E-state index contributed by atoms with van der Waals surface area (Å²) in [7, 11) is 0. The summed E-state index contributed by atoms with van der Waals surface area (Å²) in [4.78, 5) is 7.91. The zero-order valence-corrected chi connectivity index (χ0v) is 22.7. The van der Waals surface area contributed by atoms with Crippen LogP contribution in [0.15, 0.2) is 58.3 Å². The third-order valence-corrected chi connectivity index (χ3v) is 7.54. The van der Waals surface area contributed by atoms with Gasteiger partial charge >= 0.3 is 0 Å². The minimum atomic E-state index is 1.02. The molecule has 0 aromatic heterocycles. The van der Waals surface area contributed by atoms with Crippen LogP contribution in [-0.2, 0) is 6.42 Å². The zero-order valence-electron chi connectivity index (χ0n) is 21.9. The first kappa shape index (κ1) is 26.8. The van der Waals surface area contributed by atoms with E-state index < -0.39 is 0 Å². The summed E-state index contributed by atoms with van der Waals surface area (Å²) in [6, 6.07) is 13.8. The Morgan fingerprint density at radius 3 is 1.97 bits per heavy atom. The van der Waals surface area contributed by atoms with Gasteiger partial charge < -0.3 is 0 Å². The summed E-state index contributed by atoms with van der Waals surface area (Å²) in [6.45, 7) is 15.9. The third kappa shape index (κ3) is 7.86. The van der Waals surface area contributed by atoms with Gasteiger partial charge in [0.05, 0.1) is 0 Å². The quantitative estimate of drug-likeness (QED) is 0.233. The highest BCUT2D eigenvalue weighted by molar-refractivity contribution is 7.99. The molecule has 0 radical (unpaired) electrons. The second kappa shape index (κ2) is 14.6. The van der Waals surface area contributed by atoms with E-state index in [-0.39, 0.29) is 0 Å². The monoisotopic (exact) mass is 476 g/mol. The van der Waals surface area contributed by atoms with Crippen molar-refractivity contribution in [1.82, 2.24) is 9.80 Å². The minimum absolute atomic E-state index is 1.02. The van der Waals surface area contributed by atoms with Crippen LogP contribution in [0.2, 0.25) is 0 Å². The van der Waals surface area contributed by atoms with Crippen molar-refractivity contribution in [2.75, 3.05) is 39.3 Å². The Bertz CT molecular complexity index is 934. The molecule has 0 N–H and O–H groups in total. The Balaban J connectivity index is 1.67. The molecule has 34 heavy (non-hydrogen) atoms. The van der Waals surface area contributed by atoms with Crippen LogP contribution in [0.1, 0.15) is 75.6 Å². The van der Waals surface area contributed by atoms with Crippen LogP contribution >= 0.6 is 11.8 Å². The number of hydrogen-bond acceptors (Lipinski definition) is 3. The van der Waals surface area contributed by atoms with Gasteiger partial charge in [-0.1, -0.05) is 88.0 Å². The standard InChI is InChI=1S/C31H44N2S/c1-5-18-32(19-6-2)22-10-12-26-16-17-28-25-29-27(13-9-15-30(29)34-31(28)24-26)14-11-23-33(20-7-3)21-8-4/h9-17,24H,5-8,18-23,25H2,1-4H3/b12-10+,14-11+. The van der Waals surface area contributed by atoms with Crippen molar-refractivity contribution in [3.05, 3.63) is 70.8 Å². The van der Waals surface area contributed by atoms with Crippen LogP contribution < -0.4 is 0 Å². The van der Waals surface area contributed by atoms with Gasteiger partial charge in [-0.05, 0) is 86.2 Å². The molecule has 0 atom stereocenters. The van der Waals surface area contributed by atoms with E-state index in [1.165, 1.54) is 83.9 Å². The zero-order chi connectivity index (χ0) is 24.2. The summed E-state index contributed by atoms with van der Waals surface area (Å²) in [6.07, 6.45) is 15.2. The lowest BCUT2D eigenvalue weighted by Crippen LogP contribution is -2.25. The number of benzene rings is 2. The number of nitrogens with zero attached hydrogens (tertiary/aromatic N) is 2. The molecule has 184 valence electrons. The fraction of sp³-hybridized carbons (Fsp3) is 0.484. The fourth-order valence-electron chi connectivity index (χ4n) is 4.77. The molecule has 2 aromatic rings. The predicted molar refractivity (Wildman–Crippen MR) is 152 cm³/mol. The molecule has 2 aromatic carbocycles. The van der Waals surface area contributed by atoms with Gasteiger partial charge in [-0.3, -0.25) is 9.80 Å². The number of hydrogen-bond donors (Lipinski definition) is 0. The van der Waals surface area contributed by atoms with Gasteiger partial charge in [0, 0.05) is 29.3 Å². The molecule has 1 heterocycles. The first-order valence-electron chi connectivity index (χ1n) is 13.4. The number of fused-ring (bicyclic) bond motifs is 2. The third-order valence-electron chi connectivity index (χ3n) is 6.34. The second-order valence-corrected chi connectivity index (χ2v) is 10.5. The second-order valence-electron chi connectivity index (χ2n) is 9.38. The molecule has 3 heteroatoms. The van der Waals surface area contributed by atoms with Crippen LogP contribution in [0.4, 0.5) is 0 Å². The maximum Gasteiger partial charge on any atom is 0.0166 e. The van der Waals surface area contributed by atoms with Crippen LogP contribution in [0, 0.1) is 0 Å². The highest BCUT2D eigenvalue weighted by atomic mass is 32.2. The predicted octanol–water partition coefficient (Wildman–Crippen LogP) is 8.01. The average molecular weight is 477 g/mol. The topological polar surface area (TPSA) is 6.48 Å². The van der Waals surface area contributed by atoms with Gasteiger partial charge in [0.2, 0.25) is 0 Å². The highest BCUT2D eigenvalue weighted by Gasteiger charge is 2.18. The lowest BCUT2D eigenvalue weighted by atomic mass is 9.97. The van der Waals surface area contributed by atoms with Crippen LogP contribution in [-0.4, -0.2) is 49.1 Å². The van der Waals surface area contributed by atoms with Gasteiger partial charge in [0.15, 0.2) is 0 Å². The van der Waals surface area contributed by atoms with E-state index in [0.717, 1.165) is 19.5 Å². The van der Waals surface area contributed by atoms with E-state index in [4.69, 9.17) is 0 Å². The summed E-state index contributed by atoms with van der Waals surface area (Å²) >= 11 is 1.93. The Hall–Kier alpha value is -1.81. The molecule has 0 aliphatic carbocycles. The van der Waals surface area contributed by atoms with Crippen molar-refractivity contribution in [3.8, 4) is 0 Å². The lowest BCUT2D eigenvalue weighted by molar-refractivity contribution is 0.304. The van der Waals surface area contributed by atoms with Gasteiger partial charge in [0.1, 0.15) is 0 Å². The Labute approximate surface area is 213 Å². The summed E-state index contributed by atoms with van der Waals surface area (Å²) in [5, 5.41) is 0. The van der Waals surface area contributed by atoms with Crippen molar-refractivity contribution in [2.24, 2.45) is 0 Å². The normalized spacial score (nSPS) is 13.4. The van der Waals surface area contributed by atoms with E-state index in [1.54, 1.807) is 0 Å². The van der Waals surface area contributed by atoms with E-state index in [9.17, 15) is 0 Å². The largest absolute Gasteiger partial charge is 0.300 e. The average Bonchev–Trinajstić information content (AvgIpc) is 2.83. The Morgan fingerprint density at radius 2 is 1.35 bits per heavy atom. The number of rotatable bonds is 14. The molecule has 0 fully saturated rings. The lowest BCUT2D eigenvalue weighted by Gasteiger charge is -2.22. The van der Waals surface area contributed by atoms with Crippen molar-refractivity contribution in [2.45, 2.75) is 69.6 Å². The molecule has 0 amide bonds. The molecule has 0 saturated carbocycles. The molecule has 1 aliphatic heterocycles. The highest BCUT2D eigenvalue weighted by Crippen LogP contribution is 2.41.